The summed E-state index contributed by atoms with van der Waals surface area (Å²) < 4.78 is 34.3. The van der Waals surface area contributed by atoms with Crippen LogP contribution in [-0.2, 0) is 23.1 Å². The number of benzene rings is 2. The highest BCUT2D eigenvalue weighted by atomic mass is 35.5. The second-order valence-corrected chi connectivity index (χ2v) is 13.7. The van der Waals surface area contributed by atoms with Crippen LogP contribution in [0.4, 0.5) is 5.69 Å². The molecule has 0 spiro atoms. The number of hydrogen-bond donors (Lipinski definition) is 3. The van der Waals surface area contributed by atoms with Crippen LogP contribution < -0.4 is 14.4 Å². The lowest BCUT2D eigenvalue weighted by Crippen LogP contribution is -2.44. The molecule has 5 rings (SSSR count). The molecule has 2 aliphatic heterocycles. The molecule has 1 aliphatic carbocycles. The van der Waals surface area contributed by atoms with Crippen molar-refractivity contribution < 1.29 is 28.2 Å². The molecular formula is C30H37ClN2O6S. The summed E-state index contributed by atoms with van der Waals surface area (Å²) in [5, 5.41) is 20.9. The molecule has 2 aromatic rings. The van der Waals surface area contributed by atoms with Crippen LogP contribution in [0, 0.1) is 11.8 Å². The van der Waals surface area contributed by atoms with Gasteiger partial charge in [0.25, 0.3) is 5.91 Å². The lowest BCUT2D eigenvalue weighted by Gasteiger charge is -2.42. The molecule has 2 bridgehead atoms. The van der Waals surface area contributed by atoms with E-state index in [-0.39, 0.29) is 23.8 Å². The third kappa shape index (κ3) is 6.33. The first-order valence-electron chi connectivity index (χ1n) is 14.0. The SMILES string of the molecule is C[C@H]1[C@H](O)C/C=C/[C@H](O)[C@@H]2CC[C@H]2CN2CCCCc3cc(Cl)ccc3COc3ccc(cc32)C(=O)NS1(=O)=O. The number of ether oxygens (including phenoxy) is 1. The van der Waals surface area contributed by atoms with E-state index < -0.39 is 33.4 Å². The summed E-state index contributed by atoms with van der Waals surface area (Å²) >= 11 is 6.28. The smallest absolute Gasteiger partial charge is 0.264 e. The van der Waals surface area contributed by atoms with Gasteiger partial charge in [-0.15, -0.1) is 0 Å². The average molecular weight is 589 g/mol. The Morgan fingerprint density at radius 2 is 1.90 bits per heavy atom. The van der Waals surface area contributed by atoms with E-state index in [0.717, 1.165) is 48.9 Å². The number of amides is 1. The third-order valence-electron chi connectivity index (χ3n) is 8.58. The number of anilines is 1. The number of aliphatic hydroxyl groups is 2. The van der Waals surface area contributed by atoms with Gasteiger partial charge in [-0.25, -0.2) is 13.1 Å². The first kappa shape index (κ1) is 28.9. The van der Waals surface area contributed by atoms with Crippen molar-refractivity contribution in [3.8, 4) is 5.75 Å². The molecule has 1 amide bonds. The Hall–Kier alpha value is -2.59. The van der Waals surface area contributed by atoms with Crippen molar-refractivity contribution in [3.63, 3.8) is 0 Å². The van der Waals surface area contributed by atoms with Gasteiger partial charge in [0.15, 0.2) is 0 Å². The fourth-order valence-corrected chi connectivity index (χ4v) is 7.09. The maximum absolute atomic E-state index is 13.2. The number of hydrogen-bond acceptors (Lipinski definition) is 7. The highest BCUT2D eigenvalue weighted by Crippen LogP contribution is 2.41. The van der Waals surface area contributed by atoms with Crippen molar-refractivity contribution >= 4 is 33.2 Å². The van der Waals surface area contributed by atoms with Crippen LogP contribution in [0.15, 0.2) is 48.6 Å². The van der Waals surface area contributed by atoms with E-state index >= 15 is 0 Å². The van der Waals surface area contributed by atoms with E-state index in [0.29, 0.717) is 30.5 Å². The van der Waals surface area contributed by atoms with Crippen molar-refractivity contribution in [2.45, 2.75) is 69.5 Å². The van der Waals surface area contributed by atoms with Crippen LogP contribution in [0.3, 0.4) is 0 Å². The number of rotatable bonds is 0. The first-order chi connectivity index (χ1) is 19.1. The van der Waals surface area contributed by atoms with E-state index in [1.54, 1.807) is 30.4 Å². The van der Waals surface area contributed by atoms with Gasteiger partial charge in [0.1, 0.15) is 17.6 Å². The quantitative estimate of drug-likeness (QED) is 0.395. The van der Waals surface area contributed by atoms with Crippen LogP contribution in [0.5, 0.6) is 5.75 Å². The minimum absolute atomic E-state index is 0.0562. The Morgan fingerprint density at radius 1 is 1.07 bits per heavy atom. The molecule has 216 valence electrons. The fourth-order valence-electron chi connectivity index (χ4n) is 5.81. The van der Waals surface area contributed by atoms with Crippen LogP contribution >= 0.6 is 11.6 Å². The minimum atomic E-state index is -4.16. The zero-order chi connectivity index (χ0) is 28.4. The van der Waals surface area contributed by atoms with Crippen molar-refractivity contribution in [1.82, 2.24) is 4.72 Å². The molecule has 3 N–H and O–H groups in total. The second-order valence-electron chi connectivity index (χ2n) is 11.2. The maximum Gasteiger partial charge on any atom is 0.264 e. The zero-order valence-electron chi connectivity index (χ0n) is 22.6. The van der Waals surface area contributed by atoms with Crippen molar-refractivity contribution in [2.75, 3.05) is 18.0 Å². The van der Waals surface area contributed by atoms with Crippen LogP contribution in [-0.4, -0.2) is 55.1 Å². The number of halogens is 1. The lowest BCUT2D eigenvalue weighted by atomic mass is 9.70. The van der Waals surface area contributed by atoms with E-state index in [1.165, 1.54) is 6.92 Å². The van der Waals surface area contributed by atoms with Crippen molar-refractivity contribution in [1.29, 1.82) is 0 Å². The number of fused-ring (bicyclic) bond motifs is 3. The van der Waals surface area contributed by atoms with Gasteiger partial charge < -0.3 is 19.8 Å². The summed E-state index contributed by atoms with van der Waals surface area (Å²) in [4.78, 5) is 15.4. The molecule has 2 aromatic carbocycles. The predicted octanol–water partition coefficient (Wildman–Crippen LogP) is 4.22. The Morgan fingerprint density at radius 3 is 2.67 bits per heavy atom. The number of sulfonamides is 1. The topological polar surface area (TPSA) is 116 Å². The number of aliphatic hydroxyl groups excluding tert-OH is 2. The molecule has 2 heterocycles. The normalized spacial score (nSPS) is 29.9. The van der Waals surface area contributed by atoms with Gasteiger partial charge in [0, 0.05) is 23.7 Å². The van der Waals surface area contributed by atoms with Gasteiger partial charge in [-0.1, -0.05) is 29.8 Å². The summed E-state index contributed by atoms with van der Waals surface area (Å²) in [6, 6.07) is 10.8. The molecule has 0 saturated heterocycles. The van der Waals surface area contributed by atoms with Gasteiger partial charge in [-0.05, 0) is 98.7 Å². The highest BCUT2D eigenvalue weighted by molar-refractivity contribution is 7.90. The number of aryl methyl sites for hydroxylation is 1. The maximum atomic E-state index is 13.2. The summed E-state index contributed by atoms with van der Waals surface area (Å²) in [5.41, 5.74) is 3.11. The van der Waals surface area contributed by atoms with Crippen molar-refractivity contribution in [2.24, 2.45) is 11.8 Å². The molecule has 1 fully saturated rings. The highest BCUT2D eigenvalue weighted by Gasteiger charge is 2.37. The summed E-state index contributed by atoms with van der Waals surface area (Å²) in [7, 11) is -4.16. The van der Waals surface area contributed by atoms with Crippen LogP contribution in [0.25, 0.3) is 0 Å². The van der Waals surface area contributed by atoms with E-state index in [9.17, 15) is 23.4 Å². The summed E-state index contributed by atoms with van der Waals surface area (Å²) in [6.07, 6.45) is 6.01. The fraction of sp³-hybridized carbons (Fsp3) is 0.500. The Kier molecular flexibility index (Phi) is 8.75. The zero-order valence-corrected chi connectivity index (χ0v) is 24.2. The van der Waals surface area contributed by atoms with E-state index in [2.05, 4.69) is 9.62 Å². The second kappa shape index (κ2) is 12.1. The van der Waals surface area contributed by atoms with Crippen molar-refractivity contribution in [3.05, 3.63) is 70.3 Å². The number of nitrogens with one attached hydrogen (secondary N) is 1. The Balaban J connectivity index is 1.54. The largest absolute Gasteiger partial charge is 0.487 e. The molecule has 0 radical (unpaired) electrons. The molecule has 5 atom stereocenters. The van der Waals surface area contributed by atoms with Gasteiger partial charge in [-0.2, -0.15) is 0 Å². The molecule has 10 heteroatoms. The monoisotopic (exact) mass is 588 g/mol. The van der Waals surface area contributed by atoms with Gasteiger partial charge in [0.2, 0.25) is 10.0 Å². The molecule has 1 saturated carbocycles. The Labute approximate surface area is 241 Å². The molecule has 8 nitrogen and oxygen atoms in total. The van der Waals surface area contributed by atoms with Crippen LogP contribution in [0.2, 0.25) is 5.02 Å². The molecule has 0 aromatic heterocycles. The van der Waals surface area contributed by atoms with Gasteiger partial charge in [0.05, 0.1) is 17.9 Å². The molecular weight excluding hydrogens is 552 g/mol. The predicted molar refractivity (Wildman–Crippen MR) is 155 cm³/mol. The van der Waals surface area contributed by atoms with Crippen LogP contribution in [0.1, 0.15) is 60.5 Å². The van der Waals surface area contributed by atoms with E-state index in [4.69, 9.17) is 16.3 Å². The summed E-state index contributed by atoms with van der Waals surface area (Å²) in [5.74, 6) is 0.144. The average Bonchev–Trinajstić information content (AvgIpc) is 2.92. The Bertz CT molecular complexity index is 1380. The molecule has 3 aliphatic rings. The lowest BCUT2D eigenvalue weighted by molar-refractivity contribution is 0.0459. The third-order valence-corrected chi connectivity index (χ3v) is 10.6. The number of carbonyl (C=O) groups excluding carboxylic acids is 1. The van der Waals surface area contributed by atoms with Gasteiger partial charge >= 0.3 is 0 Å². The first-order valence-corrected chi connectivity index (χ1v) is 15.9. The standard InChI is InChI=1S/C30H37ClN2O6S/c1-19-27(34)6-4-7-28(35)25-12-9-22(25)17-33-14-3-2-5-20-15-24(31)11-8-23(20)18-39-29-13-10-21(16-26(29)33)30(36)32-40(19,37)38/h4,7-8,10-11,13,15-16,19,22,25,27-28,34-35H,2-3,5-6,9,12,14,17-18H2,1H3,(H,32,36)/b7-4+/t19-,22-,25+,27+,28-/m0/s1. The number of nitrogens with zero attached hydrogens (tertiary/aromatic N) is 1. The molecule has 40 heavy (non-hydrogen) atoms. The number of carbonyl (C=O) groups is 1. The summed E-state index contributed by atoms with van der Waals surface area (Å²) in [6.45, 7) is 3.09. The van der Waals surface area contributed by atoms with Gasteiger partial charge in [-0.3, -0.25) is 4.79 Å². The van der Waals surface area contributed by atoms with E-state index in [1.807, 2.05) is 18.2 Å². The minimum Gasteiger partial charge on any atom is -0.487 e. The molecule has 0 unspecified atom stereocenters.